The number of rotatable bonds is 7. The zero-order valence-corrected chi connectivity index (χ0v) is 14.9. The van der Waals surface area contributed by atoms with Gasteiger partial charge in [-0.1, -0.05) is 6.42 Å². The van der Waals surface area contributed by atoms with Gasteiger partial charge >= 0.3 is 5.97 Å². The fourth-order valence-corrected chi connectivity index (χ4v) is 3.40. The molecule has 0 aliphatic carbocycles. The number of aryl methyl sites for hydroxylation is 1. The van der Waals surface area contributed by atoms with E-state index in [0.717, 1.165) is 31.2 Å². The van der Waals surface area contributed by atoms with Crippen molar-refractivity contribution in [2.24, 2.45) is 0 Å². The maximum Gasteiger partial charge on any atom is 0.341 e. The summed E-state index contributed by atoms with van der Waals surface area (Å²) in [5, 5.41) is 3.44. The molecule has 2 aromatic rings. The maximum absolute atomic E-state index is 11.7. The minimum atomic E-state index is -0.366. The standard InChI is InChI=1S/C19H26N2O4/c1-14-16(19(22)23-2)11-15(25-14)12-20-13-17(18-7-6-10-24-18)21-8-4-3-5-9-21/h6-7,10-11,17,20H,3-5,8-9,12-13H2,1-2H3. The molecule has 0 spiro atoms. The van der Waals surface area contributed by atoms with Crippen molar-refractivity contribution in [1.29, 1.82) is 0 Å². The Kier molecular flexibility index (Phi) is 5.94. The Morgan fingerprint density at radius 1 is 1.36 bits per heavy atom. The van der Waals surface area contributed by atoms with E-state index in [4.69, 9.17) is 13.6 Å². The van der Waals surface area contributed by atoms with Gasteiger partial charge in [0.1, 0.15) is 22.8 Å². The molecule has 1 saturated heterocycles. The first-order chi connectivity index (χ1) is 12.2. The third-order valence-corrected chi connectivity index (χ3v) is 4.71. The van der Waals surface area contributed by atoms with E-state index in [1.54, 1.807) is 19.3 Å². The number of hydrogen-bond acceptors (Lipinski definition) is 6. The first-order valence-corrected chi connectivity index (χ1v) is 8.85. The van der Waals surface area contributed by atoms with Gasteiger partial charge in [-0.2, -0.15) is 0 Å². The van der Waals surface area contributed by atoms with Crippen LogP contribution in [0.3, 0.4) is 0 Å². The zero-order chi connectivity index (χ0) is 17.6. The second kappa shape index (κ2) is 8.36. The Balaban J connectivity index is 1.61. The highest BCUT2D eigenvalue weighted by molar-refractivity contribution is 5.90. The molecule has 1 atom stereocenters. The predicted octanol–water partition coefficient (Wildman–Crippen LogP) is 3.28. The lowest BCUT2D eigenvalue weighted by atomic mass is 10.1. The minimum Gasteiger partial charge on any atom is -0.468 e. The Morgan fingerprint density at radius 2 is 2.16 bits per heavy atom. The van der Waals surface area contributed by atoms with Gasteiger partial charge in [0.25, 0.3) is 0 Å². The van der Waals surface area contributed by atoms with Crippen LogP contribution < -0.4 is 5.32 Å². The molecule has 1 aliphatic heterocycles. The summed E-state index contributed by atoms with van der Waals surface area (Å²) in [7, 11) is 1.37. The van der Waals surface area contributed by atoms with Crippen molar-refractivity contribution < 1.29 is 18.4 Å². The van der Waals surface area contributed by atoms with Gasteiger partial charge in [-0.05, 0) is 51.1 Å². The van der Waals surface area contributed by atoms with Crippen LogP contribution in [0.4, 0.5) is 0 Å². The van der Waals surface area contributed by atoms with Gasteiger partial charge in [0, 0.05) is 6.54 Å². The third kappa shape index (κ3) is 4.32. The summed E-state index contributed by atoms with van der Waals surface area (Å²) >= 11 is 0. The molecular formula is C19H26N2O4. The normalized spacial score (nSPS) is 16.7. The molecule has 1 N–H and O–H groups in total. The summed E-state index contributed by atoms with van der Waals surface area (Å²) in [4.78, 5) is 14.1. The number of esters is 1. The molecule has 6 heteroatoms. The van der Waals surface area contributed by atoms with Gasteiger partial charge in [0.05, 0.1) is 26.0 Å². The van der Waals surface area contributed by atoms with Crippen LogP contribution in [-0.2, 0) is 11.3 Å². The van der Waals surface area contributed by atoms with Gasteiger partial charge in [-0.25, -0.2) is 4.79 Å². The Labute approximate surface area is 148 Å². The first-order valence-electron chi connectivity index (χ1n) is 8.85. The van der Waals surface area contributed by atoms with Crippen LogP contribution in [-0.4, -0.2) is 37.6 Å². The lowest BCUT2D eigenvalue weighted by Gasteiger charge is -2.33. The van der Waals surface area contributed by atoms with Gasteiger partial charge < -0.3 is 18.9 Å². The number of likely N-dealkylation sites (tertiary alicyclic amines) is 1. The van der Waals surface area contributed by atoms with Crippen molar-refractivity contribution in [3.63, 3.8) is 0 Å². The van der Waals surface area contributed by atoms with Crippen LogP contribution in [0.1, 0.15) is 52.9 Å². The lowest BCUT2D eigenvalue weighted by Crippen LogP contribution is -2.38. The van der Waals surface area contributed by atoms with Crippen molar-refractivity contribution in [1.82, 2.24) is 10.2 Å². The van der Waals surface area contributed by atoms with Crippen LogP contribution in [0.15, 0.2) is 33.3 Å². The van der Waals surface area contributed by atoms with Crippen molar-refractivity contribution in [2.75, 3.05) is 26.7 Å². The SMILES string of the molecule is COC(=O)c1cc(CNCC(c2ccco2)N2CCCCC2)oc1C. The average Bonchev–Trinajstić information content (AvgIpc) is 3.29. The minimum absolute atomic E-state index is 0.214. The predicted molar refractivity (Wildman–Crippen MR) is 93.4 cm³/mol. The molecule has 136 valence electrons. The number of carbonyl (C=O) groups excluding carboxylic acids is 1. The maximum atomic E-state index is 11.7. The van der Waals surface area contributed by atoms with E-state index in [1.165, 1.54) is 26.4 Å². The van der Waals surface area contributed by atoms with Crippen molar-refractivity contribution >= 4 is 5.97 Å². The van der Waals surface area contributed by atoms with Gasteiger partial charge in [0.2, 0.25) is 0 Å². The summed E-state index contributed by atoms with van der Waals surface area (Å²) in [6.45, 7) is 5.29. The largest absolute Gasteiger partial charge is 0.468 e. The van der Waals surface area contributed by atoms with E-state index in [2.05, 4.69) is 10.2 Å². The number of nitrogens with zero attached hydrogens (tertiary/aromatic N) is 1. The second-order valence-corrected chi connectivity index (χ2v) is 6.43. The number of carbonyl (C=O) groups is 1. The molecule has 0 aromatic carbocycles. The highest BCUT2D eigenvalue weighted by Gasteiger charge is 2.24. The smallest absolute Gasteiger partial charge is 0.341 e. The van der Waals surface area contributed by atoms with Crippen LogP contribution in [0, 0.1) is 6.92 Å². The number of nitrogens with one attached hydrogen (secondary N) is 1. The van der Waals surface area contributed by atoms with E-state index >= 15 is 0 Å². The molecule has 2 aromatic heterocycles. The van der Waals surface area contributed by atoms with Gasteiger partial charge in [-0.3, -0.25) is 4.90 Å². The van der Waals surface area contributed by atoms with E-state index < -0.39 is 0 Å². The van der Waals surface area contributed by atoms with E-state index in [0.29, 0.717) is 17.9 Å². The Hall–Kier alpha value is -2.05. The molecule has 0 amide bonds. The Bertz CT molecular complexity index is 672. The molecule has 3 rings (SSSR count). The fraction of sp³-hybridized carbons (Fsp3) is 0.526. The van der Waals surface area contributed by atoms with Crippen LogP contribution in [0.2, 0.25) is 0 Å². The summed E-state index contributed by atoms with van der Waals surface area (Å²) in [5.74, 6) is 1.94. The highest BCUT2D eigenvalue weighted by Crippen LogP contribution is 2.24. The van der Waals surface area contributed by atoms with Gasteiger partial charge in [0.15, 0.2) is 0 Å². The molecule has 1 unspecified atom stereocenters. The van der Waals surface area contributed by atoms with E-state index in [1.807, 2.05) is 12.1 Å². The number of ether oxygens (including phenoxy) is 1. The quantitative estimate of drug-likeness (QED) is 0.776. The number of piperidine rings is 1. The topological polar surface area (TPSA) is 67.8 Å². The summed E-state index contributed by atoms with van der Waals surface area (Å²) in [6.07, 6.45) is 5.50. The molecule has 1 fully saturated rings. The second-order valence-electron chi connectivity index (χ2n) is 6.43. The monoisotopic (exact) mass is 346 g/mol. The number of hydrogen-bond donors (Lipinski definition) is 1. The molecule has 3 heterocycles. The molecule has 0 radical (unpaired) electrons. The molecule has 25 heavy (non-hydrogen) atoms. The summed E-state index contributed by atoms with van der Waals surface area (Å²) in [5.41, 5.74) is 0.484. The third-order valence-electron chi connectivity index (χ3n) is 4.71. The van der Waals surface area contributed by atoms with Crippen LogP contribution in [0.25, 0.3) is 0 Å². The van der Waals surface area contributed by atoms with Crippen LogP contribution >= 0.6 is 0 Å². The van der Waals surface area contributed by atoms with E-state index in [-0.39, 0.29) is 12.0 Å². The number of furan rings is 2. The first kappa shape index (κ1) is 17.8. The Morgan fingerprint density at radius 3 is 2.84 bits per heavy atom. The number of methoxy groups -OCH3 is 1. The average molecular weight is 346 g/mol. The van der Waals surface area contributed by atoms with Gasteiger partial charge in [-0.15, -0.1) is 0 Å². The van der Waals surface area contributed by atoms with Crippen molar-refractivity contribution in [2.45, 2.75) is 38.8 Å². The molecular weight excluding hydrogens is 320 g/mol. The molecule has 0 bridgehead atoms. The molecule has 0 saturated carbocycles. The highest BCUT2D eigenvalue weighted by atomic mass is 16.5. The summed E-state index contributed by atoms with van der Waals surface area (Å²) < 4.78 is 16.1. The lowest BCUT2D eigenvalue weighted by molar-refractivity contribution is 0.0599. The molecule has 1 aliphatic rings. The van der Waals surface area contributed by atoms with Crippen LogP contribution in [0.5, 0.6) is 0 Å². The summed E-state index contributed by atoms with van der Waals surface area (Å²) in [6, 6.07) is 5.93. The van der Waals surface area contributed by atoms with E-state index in [9.17, 15) is 4.79 Å². The van der Waals surface area contributed by atoms with Crippen molar-refractivity contribution in [3.8, 4) is 0 Å². The zero-order valence-electron chi connectivity index (χ0n) is 14.9. The van der Waals surface area contributed by atoms with Crippen molar-refractivity contribution in [3.05, 3.63) is 47.3 Å². The fourth-order valence-electron chi connectivity index (χ4n) is 3.40. The molecule has 6 nitrogen and oxygen atoms in total.